The number of anilines is 1. The van der Waals surface area contributed by atoms with Crippen molar-refractivity contribution in [2.24, 2.45) is 0 Å². The third-order valence-electron chi connectivity index (χ3n) is 4.31. The second-order valence-electron chi connectivity index (χ2n) is 6.35. The average molecular weight is 381 g/mol. The first kappa shape index (κ1) is 17.8. The lowest BCUT2D eigenvalue weighted by molar-refractivity contribution is 0.102. The van der Waals surface area contributed by atoms with E-state index in [1.54, 1.807) is 18.2 Å². The third kappa shape index (κ3) is 3.22. The monoisotopic (exact) mass is 381 g/mol. The number of benzene rings is 2. The van der Waals surface area contributed by atoms with Crippen LogP contribution in [-0.2, 0) is 0 Å². The zero-order valence-electron chi connectivity index (χ0n) is 14.7. The van der Waals surface area contributed by atoms with Crippen molar-refractivity contribution >= 4 is 17.2 Å². The third-order valence-corrected chi connectivity index (χ3v) is 4.31. The highest BCUT2D eigenvalue weighted by Gasteiger charge is 2.19. The summed E-state index contributed by atoms with van der Waals surface area (Å²) in [5.41, 5.74) is 3.10. The van der Waals surface area contributed by atoms with Gasteiger partial charge >= 0.3 is 0 Å². The molecule has 0 saturated carbocycles. The fourth-order valence-electron chi connectivity index (χ4n) is 2.88. The molecule has 4 rings (SSSR count). The number of imidazole rings is 1. The lowest BCUT2D eigenvalue weighted by atomic mass is 10.1. The van der Waals surface area contributed by atoms with E-state index in [-0.39, 0.29) is 0 Å². The highest BCUT2D eigenvalue weighted by molar-refractivity contribution is 6.04. The van der Waals surface area contributed by atoms with Crippen molar-refractivity contribution < 1.29 is 18.0 Å². The molecule has 0 radical (unpaired) electrons. The van der Waals surface area contributed by atoms with Crippen molar-refractivity contribution in [2.75, 3.05) is 5.32 Å². The molecule has 0 atom stereocenters. The number of carbonyl (C=O) groups is 1. The van der Waals surface area contributed by atoms with Gasteiger partial charge in [-0.25, -0.2) is 18.2 Å². The van der Waals surface area contributed by atoms with E-state index in [1.165, 1.54) is 0 Å². The van der Waals surface area contributed by atoms with Gasteiger partial charge in [-0.1, -0.05) is 12.1 Å². The molecular weight excluding hydrogens is 367 g/mol. The van der Waals surface area contributed by atoms with E-state index in [2.05, 4.69) is 10.3 Å². The Morgan fingerprint density at radius 3 is 2.68 bits per heavy atom. The van der Waals surface area contributed by atoms with E-state index in [4.69, 9.17) is 0 Å². The summed E-state index contributed by atoms with van der Waals surface area (Å²) in [6.45, 7) is 1.97. The topological polar surface area (TPSA) is 46.4 Å². The average Bonchev–Trinajstić information content (AvgIpc) is 3.09. The molecule has 7 heteroatoms. The van der Waals surface area contributed by atoms with Gasteiger partial charge in [0.25, 0.3) is 5.91 Å². The summed E-state index contributed by atoms with van der Waals surface area (Å²) in [5.74, 6) is -5.43. The van der Waals surface area contributed by atoms with E-state index in [0.29, 0.717) is 17.4 Å². The van der Waals surface area contributed by atoms with Crippen LogP contribution < -0.4 is 5.32 Å². The quantitative estimate of drug-likeness (QED) is 0.509. The van der Waals surface area contributed by atoms with Gasteiger partial charge in [0.1, 0.15) is 5.65 Å². The van der Waals surface area contributed by atoms with E-state index in [9.17, 15) is 18.0 Å². The molecule has 28 heavy (non-hydrogen) atoms. The van der Waals surface area contributed by atoms with Gasteiger partial charge in [0, 0.05) is 23.6 Å². The van der Waals surface area contributed by atoms with Gasteiger partial charge in [0.05, 0.1) is 11.3 Å². The molecule has 4 aromatic rings. The van der Waals surface area contributed by atoms with E-state index < -0.39 is 28.9 Å². The van der Waals surface area contributed by atoms with Gasteiger partial charge in [-0.3, -0.25) is 4.79 Å². The molecule has 140 valence electrons. The number of halogens is 3. The number of aryl methyl sites for hydroxylation is 1. The van der Waals surface area contributed by atoms with E-state index in [1.807, 2.05) is 41.9 Å². The maximum absolute atomic E-state index is 13.8. The number of hydrogen-bond acceptors (Lipinski definition) is 2. The number of hydrogen-bond donors (Lipinski definition) is 1. The fourth-order valence-corrected chi connectivity index (χ4v) is 2.88. The molecule has 1 N–H and O–H groups in total. The molecule has 4 nitrogen and oxygen atoms in total. The van der Waals surface area contributed by atoms with E-state index >= 15 is 0 Å². The molecule has 1 amide bonds. The lowest BCUT2D eigenvalue weighted by Crippen LogP contribution is -2.15. The molecule has 0 saturated heterocycles. The Morgan fingerprint density at radius 2 is 1.86 bits per heavy atom. The van der Waals surface area contributed by atoms with Crippen LogP contribution in [-0.4, -0.2) is 15.3 Å². The van der Waals surface area contributed by atoms with Crippen molar-refractivity contribution in [3.63, 3.8) is 0 Å². The summed E-state index contributed by atoms with van der Waals surface area (Å²) < 4.78 is 42.1. The van der Waals surface area contributed by atoms with Crippen molar-refractivity contribution in [2.45, 2.75) is 6.92 Å². The minimum Gasteiger partial charge on any atom is -0.322 e. The van der Waals surface area contributed by atoms with Gasteiger partial charge in [0.15, 0.2) is 17.5 Å². The molecule has 0 bridgehead atoms. The summed E-state index contributed by atoms with van der Waals surface area (Å²) in [4.78, 5) is 16.8. The first-order chi connectivity index (χ1) is 13.4. The number of nitrogens with zero attached hydrogens (tertiary/aromatic N) is 2. The Kier molecular flexibility index (Phi) is 4.35. The van der Waals surface area contributed by atoms with Crippen LogP contribution in [0.1, 0.15) is 15.9 Å². The molecule has 2 heterocycles. The number of amides is 1. The Labute approximate surface area is 158 Å². The van der Waals surface area contributed by atoms with Crippen LogP contribution in [0.15, 0.2) is 60.9 Å². The van der Waals surface area contributed by atoms with Gasteiger partial charge < -0.3 is 9.72 Å². The Bertz CT molecular complexity index is 1220. The van der Waals surface area contributed by atoms with Crippen LogP contribution in [0, 0.1) is 24.4 Å². The molecule has 0 fully saturated rings. The Balaban J connectivity index is 1.63. The van der Waals surface area contributed by atoms with Crippen molar-refractivity contribution in [3.05, 3.63) is 89.5 Å². The van der Waals surface area contributed by atoms with Crippen LogP contribution in [0.5, 0.6) is 0 Å². The standard InChI is InChI=1S/C21H14F3N3O/c1-12-7-8-27-11-17(26-18(27)9-12)13-3-2-4-14(10-13)25-21(28)15-5-6-16(22)20(24)19(15)23/h2-11H,1H3,(H,25,28). The lowest BCUT2D eigenvalue weighted by Gasteiger charge is -2.08. The van der Waals surface area contributed by atoms with Crippen LogP contribution in [0.4, 0.5) is 18.9 Å². The maximum Gasteiger partial charge on any atom is 0.258 e. The first-order valence-electron chi connectivity index (χ1n) is 8.43. The van der Waals surface area contributed by atoms with Crippen LogP contribution in [0.25, 0.3) is 16.9 Å². The van der Waals surface area contributed by atoms with Crippen LogP contribution in [0.3, 0.4) is 0 Å². The molecule has 0 unspecified atom stereocenters. The Hall–Kier alpha value is -3.61. The molecular formula is C21H14F3N3O. The highest BCUT2D eigenvalue weighted by atomic mass is 19.2. The zero-order valence-corrected chi connectivity index (χ0v) is 14.7. The number of carbonyl (C=O) groups excluding carboxylic acids is 1. The largest absolute Gasteiger partial charge is 0.322 e. The minimum atomic E-state index is -1.68. The van der Waals surface area contributed by atoms with Crippen LogP contribution in [0.2, 0.25) is 0 Å². The normalized spacial score (nSPS) is 11.0. The van der Waals surface area contributed by atoms with E-state index in [0.717, 1.165) is 22.8 Å². The summed E-state index contributed by atoms with van der Waals surface area (Å²) in [7, 11) is 0. The predicted molar refractivity (Wildman–Crippen MR) is 99.6 cm³/mol. The van der Waals surface area contributed by atoms with Gasteiger partial charge in [-0.15, -0.1) is 0 Å². The number of fused-ring (bicyclic) bond motifs is 1. The van der Waals surface area contributed by atoms with Gasteiger partial charge in [-0.2, -0.15) is 0 Å². The molecule has 2 aromatic carbocycles. The van der Waals surface area contributed by atoms with Gasteiger partial charge in [-0.05, 0) is 48.9 Å². The number of pyridine rings is 1. The Morgan fingerprint density at radius 1 is 1.04 bits per heavy atom. The first-order valence-corrected chi connectivity index (χ1v) is 8.43. The second-order valence-corrected chi connectivity index (χ2v) is 6.35. The molecule has 0 aliphatic rings. The van der Waals surface area contributed by atoms with Crippen molar-refractivity contribution in [1.82, 2.24) is 9.38 Å². The summed E-state index contributed by atoms with van der Waals surface area (Å²) >= 11 is 0. The highest BCUT2D eigenvalue weighted by Crippen LogP contribution is 2.24. The second kappa shape index (κ2) is 6.84. The number of nitrogens with one attached hydrogen (secondary N) is 1. The maximum atomic E-state index is 13.8. The van der Waals surface area contributed by atoms with Crippen molar-refractivity contribution in [3.8, 4) is 11.3 Å². The molecule has 0 spiro atoms. The molecule has 0 aliphatic carbocycles. The van der Waals surface area contributed by atoms with Crippen LogP contribution >= 0.6 is 0 Å². The number of aromatic nitrogens is 2. The molecule has 2 aromatic heterocycles. The SMILES string of the molecule is Cc1ccn2cc(-c3cccc(NC(=O)c4ccc(F)c(F)c4F)c3)nc2c1. The summed E-state index contributed by atoms with van der Waals surface area (Å²) in [6, 6.07) is 12.3. The van der Waals surface area contributed by atoms with Crippen molar-refractivity contribution in [1.29, 1.82) is 0 Å². The zero-order chi connectivity index (χ0) is 19.8. The van der Waals surface area contributed by atoms with Gasteiger partial charge in [0.2, 0.25) is 0 Å². The minimum absolute atomic E-state index is 0.375. The summed E-state index contributed by atoms with van der Waals surface area (Å²) in [6.07, 6.45) is 3.75. The number of rotatable bonds is 3. The summed E-state index contributed by atoms with van der Waals surface area (Å²) in [5, 5.41) is 2.50. The molecule has 0 aliphatic heterocycles. The fraction of sp³-hybridized carbons (Fsp3) is 0.0476. The smallest absolute Gasteiger partial charge is 0.258 e. The predicted octanol–water partition coefficient (Wildman–Crippen LogP) is 4.98.